The van der Waals surface area contributed by atoms with Gasteiger partial charge in [0, 0.05) is 31.2 Å². The monoisotopic (exact) mass is 514 g/mol. The molecule has 1 N–H and O–H groups in total. The summed E-state index contributed by atoms with van der Waals surface area (Å²) in [6, 6.07) is 3.38. The molecule has 6 nitrogen and oxygen atoms in total. The van der Waals surface area contributed by atoms with E-state index in [0.29, 0.717) is 25.9 Å². The van der Waals surface area contributed by atoms with E-state index in [9.17, 15) is 21.6 Å². The average Bonchev–Trinajstić information content (AvgIpc) is 3.15. The van der Waals surface area contributed by atoms with Crippen molar-refractivity contribution in [1.82, 2.24) is 15.2 Å². The molecule has 2 heterocycles. The minimum Gasteiger partial charge on any atom is -0.380 e. The van der Waals surface area contributed by atoms with Crippen LogP contribution in [0.5, 0.6) is 0 Å². The second-order valence-electron chi connectivity index (χ2n) is 9.87. The highest BCUT2D eigenvalue weighted by Crippen LogP contribution is 2.41. The zero-order valence-electron chi connectivity index (χ0n) is 21.0. The molecule has 1 aromatic heterocycles. The number of alkyl halides is 3. The van der Waals surface area contributed by atoms with Crippen LogP contribution >= 0.6 is 0 Å². The zero-order valence-corrected chi connectivity index (χ0v) is 21.8. The maximum atomic E-state index is 13.1. The van der Waals surface area contributed by atoms with Crippen LogP contribution in [0.15, 0.2) is 39.6 Å². The Bertz CT molecular complexity index is 1010. The Hall–Kier alpha value is -1.94. The Morgan fingerprint density at radius 3 is 2.43 bits per heavy atom. The number of hydrogen-bond acceptors (Lipinski definition) is 6. The number of aromatic nitrogens is 1. The molecular formula is C25H37F3N4O2S. The van der Waals surface area contributed by atoms with Crippen molar-refractivity contribution in [1.29, 1.82) is 0 Å². The van der Waals surface area contributed by atoms with Crippen LogP contribution < -0.4 is 5.32 Å². The molecule has 0 bridgehead atoms. The van der Waals surface area contributed by atoms with E-state index in [1.807, 2.05) is 6.92 Å². The summed E-state index contributed by atoms with van der Waals surface area (Å²) in [5, 5.41) is 3.45. The van der Waals surface area contributed by atoms with Gasteiger partial charge in [0.05, 0.1) is 40.5 Å². The summed E-state index contributed by atoms with van der Waals surface area (Å²) in [6.45, 7) is 9.59. The molecule has 0 spiro atoms. The van der Waals surface area contributed by atoms with E-state index in [4.69, 9.17) is 0 Å². The number of rotatable bonds is 9. The van der Waals surface area contributed by atoms with Crippen LogP contribution in [0.25, 0.3) is 0 Å². The van der Waals surface area contributed by atoms with Crippen LogP contribution in [-0.4, -0.2) is 55.6 Å². The molecule has 0 unspecified atom stereocenters. The van der Waals surface area contributed by atoms with E-state index in [1.54, 1.807) is 25.3 Å². The van der Waals surface area contributed by atoms with Gasteiger partial charge >= 0.3 is 6.18 Å². The predicted molar refractivity (Wildman–Crippen MR) is 132 cm³/mol. The summed E-state index contributed by atoms with van der Waals surface area (Å²) in [5.41, 5.74) is 2.66. The van der Waals surface area contributed by atoms with E-state index < -0.39 is 21.9 Å². The third-order valence-electron chi connectivity index (χ3n) is 7.07. The van der Waals surface area contributed by atoms with E-state index in [0.717, 1.165) is 23.6 Å². The number of hydrogen-bond donors (Lipinski definition) is 1. The van der Waals surface area contributed by atoms with Gasteiger partial charge in [0.15, 0.2) is 9.84 Å². The Morgan fingerprint density at radius 1 is 1.23 bits per heavy atom. The Balaban J connectivity index is 1.69. The highest BCUT2D eigenvalue weighted by Gasteiger charge is 2.42. The number of nitrogens with one attached hydrogen (secondary N) is 1. The van der Waals surface area contributed by atoms with Gasteiger partial charge in [0.2, 0.25) is 0 Å². The van der Waals surface area contributed by atoms with Crippen LogP contribution in [0, 0.1) is 17.8 Å². The number of aliphatic imine (C=N–C) groups is 1. The summed E-state index contributed by atoms with van der Waals surface area (Å²) < 4.78 is 63.3. The second-order valence-corrected chi connectivity index (χ2v) is 12.1. The van der Waals surface area contributed by atoms with Gasteiger partial charge in [-0.3, -0.25) is 14.9 Å². The van der Waals surface area contributed by atoms with Gasteiger partial charge < -0.3 is 5.32 Å². The van der Waals surface area contributed by atoms with Gasteiger partial charge in [-0.05, 0) is 56.6 Å². The van der Waals surface area contributed by atoms with Crippen LogP contribution in [0.3, 0.4) is 0 Å². The fraction of sp³-hybridized carbons (Fsp3) is 0.680. The van der Waals surface area contributed by atoms with Crippen LogP contribution in [0.2, 0.25) is 0 Å². The maximum Gasteiger partial charge on any atom is 0.391 e. The zero-order chi connectivity index (χ0) is 25.8. The molecule has 10 heteroatoms. The first kappa shape index (κ1) is 27.6. The minimum absolute atomic E-state index is 0.0296. The smallest absolute Gasteiger partial charge is 0.380 e. The molecule has 35 heavy (non-hydrogen) atoms. The minimum atomic E-state index is -4.09. The van der Waals surface area contributed by atoms with E-state index in [2.05, 4.69) is 34.0 Å². The third kappa shape index (κ3) is 6.84. The van der Waals surface area contributed by atoms with Crippen LogP contribution in [0.1, 0.15) is 59.1 Å². The third-order valence-corrected chi connectivity index (χ3v) is 8.79. The molecule has 2 aliphatic rings. The van der Waals surface area contributed by atoms with Gasteiger partial charge in [0.1, 0.15) is 0 Å². The lowest BCUT2D eigenvalue weighted by molar-refractivity contribution is -0.184. The van der Waals surface area contributed by atoms with E-state index >= 15 is 0 Å². The van der Waals surface area contributed by atoms with Crippen molar-refractivity contribution in [2.24, 2.45) is 22.7 Å². The topological polar surface area (TPSA) is 74.7 Å². The summed E-state index contributed by atoms with van der Waals surface area (Å²) >= 11 is 0. The van der Waals surface area contributed by atoms with Gasteiger partial charge in [-0.25, -0.2) is 8.42 Å². The van der Waals surface area contributed by atoms with Crippen molar-refractivity contribution < 1.29 is 21.6 Å². The summed E-state index contributed by atoms with van der Waals surface area (Å²) in [7, 11) is -3.29. The highest BCUT2D eigenvalue weighted by atomic mass is 32.2. The SMILES string of the molecule is C/C=N\C1=C(NCc2ccc(S(=O)(=O)CC)cn2)CN(C[C@H]2CC[C@H](C(F)(F)F)CC2)[C@H]1C(C)C. The normalized spacial score (nSPS) is 24.6. The maximum absolute atomic E-state index is 13.1. The lowest BCUT2D eigenvalue weighted by atomic mass is 9.81. The fourth-order valence-electron chi connectivity index (χ4n) is 5.16. The quantitative estimate of drug-likeness (QED) is 0.471. The van der Waals surface area contributed by atoms with E-state index in [1.165, 1.54) is 6.20 Å². The lowest BCUT2D eigenvalue weighted by Gasteiger charge is -2.35. The number of nitrogens with zero attached hydrogens (tertiary/aromatic N) is 3. The largest absolute Gasteiger partial charge is 0.391 e. The van der Waals surface area contributed by atoms with E-state index in [-0.39, 0.29) is 41.4 Å². The molecule has 0 aromatic carbocycles. The van der Waals surface area contributed by atoms with Gasteiger partial charge in [-0.1, -0.05) is 20.8 Å². The van der Waals surface area contributed by atoms with Gasteiger partial charge in [-0.2, -0.15) is 13.2 Å². The fourth-order valence-corrected chi connectivity index (χ4v) is 5.98. The van der Waals surface area contributed by atoms with Crippen molar-refractivity contribution in [3.63, 3.8) is 0 Å². The van der Waals surface area contributed by atoms with Crippen molar-refractivity contribution >= 4 is 16.1 Å². The molecule has 1 fully saturated rings. The van der Waals surface area contributed by atoms with Crippen molar-refractivity contribution in [3.8, 4) is 0 Å². The van der Waals surface area contributed by atoms with Crippen molar-refractivity contribution in [2.75, 3.05) is 18.8 Å². The molecule has 1 saturated carbocycles. The number of halogens is 3. The molecule has 0 saturated heterocycles. The first-order chi connectivity index (χ1) is 16.5. The van der Waals surface area contributed by atoms with Gasteiger partial charge in [-0.15, -0.1) is 0 Å². The average molecular weight is 515 g/mol. The highest BCUT2D eigenvalue weighted by molar-refractivity contribution is 7.91. The Labute approximate surface area is 207 Å². The molecule has 1 aromatic rings. The standard InChI is InChI=1S/C25H37F3N4O2S/c1-5-29-23-22(31-13-20-11-12-21(14-30-20)35(33,34)6-2)16-32(24(23)17(3)4)15-18-7-9-19(10-8-18)25(26,27)28/h5,11-12,14,17-19,24,31H,6-10,13,15-16H2,1-4H3/b29-5-/t18-,19-,24-/m0/s1. The molecule has 3 rings (SSSR count). The Morgan fingerprint density at radius 2 is 1.91 bits per heavy atom. The molecule has 1 aliphatic carbocycles. The number of pyridine rings is 1. The first-order valence-corrected chi connectivity index (χ1v) is 14.1. The molecule has 0 radical (unpaired) electrons. The van der Waals surface area contributed by atoms with Crippen molar-refractivity contribution in [2.45, 2.75) is 77.0 Å². The molecule has 1 atom stereocenters. The lowest BCUT2D eigenvalue weighted by Crippen LogP contribution is -2.40. The molecular weight excluding hydrogens is 477 g/mol. The summed E-state index contributed by atoms with van der Waals surface area (Å²) in [6.07, 6.45) is 0.685. The van der Waals surface area contributed by atoms with Gasteiger partial charge in [0.25, 0.3) is 0 Å². The van der Waals surface area contributed by atoms with Crippen LogP contribution in [0.4, 0.5) is 13.2 Å². The predicted octanol–water partition coefficient (Wildman–Crippen LogP) is 4.98. The Kier molecular flexibility index (Phi) is 9.01. The molecule has 1 aliphatic heterocycles. The van der Waals surface area contributed by atoms with Crippen molar-refractivity contribution in [3.05, 3.63) is 35.4 Å². The number of sulfone groups is 1. The first-order valence-electron chi connectivity index (χ1n) is 12.4. The second kappa shape index (κ2) is 11.4. The van der Waals surface area contributed by atoms with Crippen LogP contribution in [-0.2, 0) is 16.4 Å². The summed E-state index contributed by atoms with van der Waals surface area (Å²) in [4.78, 5) is 11.5. The molecule has 0 amide bonds. The molecule has 196 valence electrons. The summed E-state index contributed by atoms with van der Waals surface area (Å²) in [5.74, 6) is -0.603.